The van der Waals surface area contributed by atoms with Gasteiger partial charge in [-0.3, -0.25) is 19.2 Å². The molecule has 2 aliphatic carbocycles. The van der Waals surface area contributed by atoms with Crippen LogP contribution in [0.25, 0.3) is 16.5 Å². The molecule has 1 aromatic heterocycles. The van der Waals surface area contributed by atoms with Crippen LogP contribution in [0.1, 0.15) is 76.0 Å². The van der Waals surface area contributed by atoms with Crippen LogP contribution in [0, 0.1) is 5.92 Å². The van der Waals surface area contributed by atoms with E-state index in [-0.39, 0.29) is 18.1 Å². The number of ketones is 1. The van der Waals surface area contributed by atoms with Gasteiger partial charge in [0.25, 0.3) is 0 Å². The number of hydrogen-bond acceptors (Lipinski definition) is 5. The number of para-hydroxylation sites is 1. The van der Waals surface area contributed by atoms with Crippen LogP contribution in [0.5, 0.6) is 0 Å². The standard InChI is InChI=1S/C37H44N4O5/c1-22-27-14-8-7-13-25(27)18-29(22)35(44)39-23(2)34(43)41-32(19-26-20-38-30-16-10-9-15-28(26)30)36(45)40-31(33(42)37(3)21-46-37)17-24-11-5-4-6-12-24/h7-10,13-16,20,23-24,31-32,38H,4-6,11-12,17-19,21H2,1-3H3,(H,39,44)(H,40,45)(H,41,43)/t23-,31?,32+,37-/m1/s1. The van der Waals surface area contributed by atoms with E-state index in [9.17, 15) is 19.2 Å². The number of benzene rings is 2. The average Bonchev–Trinajstić information content (AvgIpc) is 3.55. The Bertz CT molecular complexity index is 1680. The topological polar surface area (TPSA) is 133 Å². The first-order valence-corrected chi connectivity index (χ1v) is 16.6. The van der Waals surface area contributed by atoms with E-state index in [0.717, 1.165) is 58.8 Å². The van der Waals surface area contributed by atoms with E-state index in [0.29, 0.717) is 30.9 Å². The van der Waals surface area contributed by atoms with Gasteiger partial charge in [0.15, 0.2) is 5.78 Å². The third-order valence-corrected chi connectivity index (χ3v) is 10.0. The van der Waals surface area contributed by atoms with E-state index >= 15 is 0 Å². The summed E-state index contributed by atoms with van der Waals surface area (Å²) < 4.78 is 5.49. The number of ether oxygens (including phenoxy) is 1. The highest BCUT2D eigenvalue weighted by molar-refractivity contribution is 6.05. The van der Waals surface area contributed by atoms with Crippen LogP contribution in [0.2, 0.25) is 0 Å². The molecule has 0 spiro atoms. The molecule has 0 bridgehead atoms. The quantitative estimate of drug-likeness (QED) is 0.220. The highest BCUT2D eigenvalue weighted by Gasteiger charge is 2.50. The Hall–Kier alpha value is -4.24. The number of carbonyl (C=O) groups is 4. The summed E-state index contributed by atoms with van der Waals surface area (Å²) in [4.78, 5) is 57.7. The van der Waals surface area contributed by atoms with Gasteiger partial charge in [0, 0.05) is 35.5 Å². The maximum absolute atomic E-state index is 14.0. The van der Waals surface area contributed by atoms with E-state index in [1.807, 2.05) is 61.7 Å². The lowest BCUT2D eigenvalue weighted by molar-refractivity contribution is -0.134. The summed E-state index contributed by atoms with van der Waals surface area (Å²) >= 11 is 0. The van der Waals surface area contributed by atoms with Gasteiger partial charge < -0.3 is 25.7 Å². The van der Waals surface area contributed by atoms with Crippen molar-refractivity contribution in [1.82, 2.24) is 20.9 Å². The lowest BCUT2D eigenvalue weighted by Crippen LogP contribution is -2.57. The number of aromatic amines is 1. The largest absolute Gasteiger partial charge is 0.361 e. The molecule has 9 heteroatoms. The highest BCUT2D eigenvalue weighted by Crippen LogP contribution is 2.34. The number of Topliss-reactive ketones (excluding diaryl/α,β-unsaturated/α-hetero) is 1. The van der Waals surface area contributed by atoms with Crippen LogP contribution in [-0.4, -0.2) is 58.8 Å². The van der Waals surface area contributed by atoms with Crippen molar-refractivity contribution >= 4 is 40.0 Å². The molecule has 4 N–H and O–H groups in total. The molecular weight excluding hydrogens is 580 g/mol. The molecule has 1 saturated heterocycles. The number of allylic oxidation sites excluding steroid dienone is 1. The van der Waals surface area contributed by atoms with Gasteiger partial charge in [-0.05, 0) is 61.4 Å². The van der Waals surface area contributed by atoms with Crippen LogP contribution in [0.15, 0.2) is 60.3 Å². The fourth-order valence-electron chi connectivity index (χ4n) is 7.03. The van der Waals surface area contributed by atoms with Crippen molar-refractivity contribution in [3.63, 3.8) is 0 Å². The van der Waals surface area contributed by atoms with Gasteiger partial charge in [-0.1, -0.05) is 74.6 Å². The third-order valence-electron chi connectivity index (χ3n) is 10.0. The molecule has 3 aliphatic rings. The highest BCUT2D eigenvalue weighted by atomic mass is 16.6. The molecule has 6 rings (SSSR count). The first-order valence-electron chi connectivity index (χ1n) is 16.6. The molecular formula is C37H44N4O5. The number of epoxide rings is 1. The van der Waals surface area contributed by atoms with Crippen LogP contribution in [0.3, 0.4) is 0 Å². The molecule has 4 atom stereocenters. The molecule has 3 amide bonds. The summed E-state index contributed by atoms with van der Waals surface area (Å²) in [5, 5.41) is 9.73. The minimum Gasteiger partial charge on any atom is -0.361 e. The van der Waals surface area contributed by atoms with Gasteiger partial charge in [-0.2, -0.15) is 0 Å². The van der Waals surface area contributed by atoms with Gasteiger partial charge in [0.1, 0.15) is 17.7 Å². The maximum atomic E-state index is 14.0. The Morgan fingerprint density at radius 2 is 1.63 bits per heavy atom. The smallest absolute Gasteiger partial charge is 0.248 e. The van der Waals surface area contributed by atoms with Crippen molar-refractivity contribution in [3.8, 4) is 0 Å². The molecule has 2 heterocycles. The summed E-state index contributed by atoms with van der Waals surface area (Å²) in [6.45, 7) is 5.65. The Balaban J connectivity index is 1.19. The van der Waals surface area contributed by atoms with E-state index in [4.69, 9.17) is 4.74 Å². The SMILES string of the molecule is CC1=C(C(=O)N[C@H](C)C(=O)N[C@@H](Cc2c[nH]c3ccccc23)C(=O)NC(CC2CCCCC2)C(=O)[C@@]2(C)CO2)Cc2ccccc21. The summed E-state index contributed by atoms with van der Waals surface area (Å²) in [7, 11) is 0. The molecule has 1 unspecified atom stereocenters. The number of H-pyrrole nitrogens is 1. The normalized spacial score (nSPS) is 21.3. The lowest BCUT2D eigenvalue weighted by Gasteiger charge is -2.29. The van der Waals surface area contributed by atoms with Crippen LogP contribution < -0.4 is 16.0 Å². The Kier molecular flexibility index (Phi) is 9.13. The van der Waals surface area contributed by atoms with Crippen molar-refractivity contribution in [2.45, 2.75) is 95.9 Å². The van der Waals surface area contributed by atoms with Crippen molar-refractivity contribution in [2.75, 3.05) is 6.61 Å². The van der Waals surface area contributed by atoms with Crippen LogP contribution in [0.4, 0.5) is 0 Å². The minimum atomic E-state index is -0.975. The zero-order chi connectivity index (χ0) is 32.4. The second-order valence-corrected chi connectivity index (χ2v) is 13.4. The first-order chi connectivity index (χ1) is 22.1. The van der Waals surface area contributed by atoms with E-state index < -0.39 is 35.5 Å². The van der Waals surface area contributed by atoms with E-state index in [2.05, 4.69) is 20.9 Å². The number of carbonyl (C=O) groups excluding carboxylic acids is 4. The maximum Gasteiger partial charge on any atom is 0.248 e. The first kappa shape index (κ1) is 31.7. The number of hydrogen-bond donors (Lipinski definition) is 4. The zero-order valence-corrected chi connectivity index (χ0v) is 26.9. The molecule has 1 saturated carbocycles. The summed E-state index contributed by atoms with van der Waals surface area (Å²) in [5.41, 5.74) is 4.57. The van der Waals surface area contributed by atoms with Gasteiger partial charge >= 0.3 is 0 Å². The fourth-order valence-corrected chi connectivity index (χ4v) is 7.03. The molecule has 3 aromatic rings. The molecule has 9 nitrogen and oxygen atoms in total. The number of aromatic nitrogens is 1. The van der Waals surface area contributed by atoms with Gasteiger partial charge in [-0.25, -0.2) is 0 Å². The van der Waals surface area contributed by atoms with Crippen LogP contribution in [-0.2, 0) is 36.8 Å². The van der Waals surface area contributed by atoms with Gasteiger partial charge in [0.2, 0.25) is 17.7 Å². The lowest BCUT2D eigenvalue weighted by atomic mass is 9.82. The molecule has 1 aliphatic heterocycles. The Morgan fingerprint density at radius 1 is 0.935 bits per heavy atom. The van der Waals surface area contributed by atoms with Crippen molar-refractivity contribution in [3.05, 3.63) is 77.0 Å². The van der Waals surface area contributed by atoms with E-state index in [1.54, 1.807) is 13.8 Å². The molecule has 2 aromatic carbocycles. The number of fused-ring (bicyclic) bond motifs is 2. The van der Waals surface area contributed by atoms with Crippen LogP contribution >= 0.6 is 0 Å². The number of amides is 3. The monoisotopic (exact) mass is 624 g/mol. The molecule has 2 fully saturated rings. The molecule has 242 valence electrons. The van der Waals surface area contributed by atoms with E-state index in [1.165, 1.54) is 6.42 Å². The van der Waals surface area contributed by atoms with Crippen molar-refractivity contribution in [1.29, 1.82) is 0 Å². The van der Waals surface area contributed by atoms with Gasteiger partial charge in [0.05, 0.1) is 12.6 Å². The summed E-state index contributed by atoms with van der Waals surface area (Å²) in [5.74, 6) is -0.980. The second kappa shape index (κ2) is 13.2. The number of rotatable bonds is 12. The molecule has 0 radical (unpaired) electrons. The fraction of sp³-hybridized carbons (Fsp3) is 0.459. The second-order valence-electron chi connectivity index (χ2n) is 13.4. The number of nitrogens with one attached hydrogen (secondary N) is 4. The Morgan fingerprint density at radius 3 is 2.37 bits per heavy atom. The predicted molar refractivity (Wildman–Crippen MR) is 177 cm³/mol. The zero-order valence-electron chi connectivity index (χ0n) is 26.9. The molecule has 46 heavy (non-hydrogen) atoms. The van der Waals surface area contributed by atoms with Gasteiger partial charge in [-0.15, -0.1) is 0 Å². The summed E-state index contributed by atoms with van der Waals surface area (Å²) in [6, 6.07) is 13.1. The predicted octanol–water partition coefficient (Wildman–Crippen LogP) is 4.54. The van der Waals surface area contributed by atoms with Crippen molar-refractivity contribution in [2.24, 2.45) is 5.92 Å². The van der Waals surface area contributed by atoms with Crippen molar-refractivity contribution < 1.29 is 23.9 Å². The third kappa shape index (κ3) is 6.79. The minimum absolute atomic E-state index is 0.120. The average molecular weight is 625 g/mol. The Labute approximate surface area is 269 Å². The summed E-state index contributed by atoms with van der Waals surface area (Å²) in [6.07, 6.45) is 8.62.